The summed E-state index contributed by atoms with van der Waals surface area (Å²) in [5, 5.41) is 9.22. The Morgan fingerprint density at radius 2 is 2.14 bits per heavy atom. The summed E-state index contributed by atoms with van der Waals surface area (Å²) in [6, 6.07) is 2.44. The first-order valence-corrected chi connectivity index (χ1v) is 5.33. The predicted molar refractivity (Wildman–Crippen MR) is 51.7 cm³/mol. The molecule has 2 rings (SSSR count). The fourth-order valence-corrected chi connectivity index (χ4v) is 2.51. The quantitative estimate of drug-likeness (QED) is 0.690. The zero-order chi connectivity index (χ0) is 10.1. The summed E-state index contributed by atoms with van der Waals surface area (Å²) in [4.78, 5) is 0. The van der Waals surface area contributed by atoms with Gasteiger partial charge in [-0.3, -0.25) is 0 Å². The van der Waals surface area contributed by atoms with Crippen LogP contribution in [-0.4, -0.2) is 25.9 Å². The van der Waals surface area contributed by atoms with E-state index in [1.807, 2.05) is 0 Å². The Kier molecular flexibility index (Phi) is 2.50. The highest BCUT2D eigenvalue weighted by molar-refractivity contribution is 5.21. The smallest absolute Gasteiger partial charge is 0.110 e. The van der Waals surface area contributed by atoms with E-state index in [1.54, 1.807) is 7.11 Å². The Morgan fingerprint density at radius 1 is 1.36 bits per heavy atom. The van der Waals surface area contributed by atoms with E-state index >= 15 is 0 Å². The van der Waals surface area contributed by atoms with Gasteiger partial charge in [-0.1, -0.05) is 0 Å². The van der Waals surface area contributed by atoms with Crippen LogP contribution in [0.2, 0.25) is 0 Å². The highest BCUT2D eigenvalue weighted by Gasteiger charge is 2.61. The molecule has 14 heavy (non-hydrogen) atoms. The Morgan fingerprint density at radius 3 is 2.57 bits per heavy atom. The van der Waals surface area contributed by atoms with Crippen LogP contribution in [0, 0.1) is 16.7 Å². The lowest BCUT2D eigenvalue weighted by Gasteiger charge is -2.40. The second-order valence-electron chi connectivity index (χ2n) is 4.43. The van der Waals surface area contributed by atoms with Gasteiger partial charge in [0, 0.05) is 13.7 Å². The monoisotopic (exact) mass is 195 g/mol. The molecule has 1 aliphatic carbocycles. The molecule has 1 unspecified atom stereocenters. The van der Waals surface area contributed by atoms with Crippen molar-refractivity contribution in [3.05, 3.63) is 0 Å². The molecule has 1 aliphatic heterocycles. The molecule has 3 heteroatoms. The summed E-state index contributed by atoms with van der Waals surface area (Å²) < 4.78 is 11.1. The Hall–Kier alpha value is -0.590. The van der Waals surface area contributed by atoms with Gasteiger partial charge < -0.3 is 9.47 Å². The molecule has 3 nitrogen and oxygen atoms in total. The van der Waals surface area contributed by atoms with Crippen molar-refractivity contribution in [1.82, 2.24) is 0 Å². The van der Waals surface area contributed by atoms with Gasteiger partial charge in [0.1, 0.15) is 5.60 Å². The van der Waals surface area contributed by atoms with Gasteiger partial charge in [-0.15, -0.1) is 0 Å². The van der Waals surface area contributed by atoms with Gasteiger partial charge in [0.2, 0.25) is 0 Å². The maximum atomic E-state index is 9.22. The van der Waals surface area contributed by atoms with Gasteiger partial charge in [-0.05, 0) is 32.1 Å². The van der Waals surface area contributed by atoms with Gasteiger partial charge in [-0.25, -0.2) is 0 Å². The molecule has 1 saturated carbocycles. The number of rotatable bonds is 3. The van der Waals surface area contributed by atoms with Gasteiger partial charge in [0.15, 0.2) is 0 Å². The van der Waals surface area contributed by atoms with E-state index in [9.17, 15) is 5.26 Å². The van der Waals surface area contributed by atoms with E-state index in [1.165, 1.54) is 0 Å². The molecule has 0 radical (unpaired) electrons. The summed E-state index contributed by atoms with van der Waals surface area (Å²) >= 11 is 0. The lowest BCUT2D eigenvalue weighted by atomic mass is 9.80. The molecule has 0 aromatic rings. The third kappa shape index (κ3) is 1.34. The summed E-state index contributed by atoms with van der Waals surface area (Å²) in [5.41, 5.74) is -0.530. The van der Waals surface area contributed by atoms with Gasteiger partial charge in [-0.2, -0.15) is 5.26 Å². The third-order valence-electron chi connectivity index (χ3n) is 3.57. The van der Waals surface area contributed by atoms with Crippen molar-refractivity contribution in [1.29, 1.82) is 5.26 Å². The zero-order valence-electron chi connectivity index (χ0n) is 8.71. The topological polar surface area (TPSA) is 42.2 Å². The van der Waals surface area contributed by atoms with Crippen molar-refractivity contribution in [3.8, 4) is 6.07 Å². The van der Waals surface area contributed by atoms with Crippen molar-refractivity contribution in [2.45, 2.75) is 37.7 Å². The summed E-state index contributed by atoms with van der Waals surface area (Å²) in [5.74, 6) is 0. The second-order valence-corrected chi connectivity index (χ2v) is 4.43. The molecule has 2 fully saturated rings. The SMILES string of the molecule is COCC1(C2(C#N)CC2)CCCCO1. The van der Waals surface area contributed by atoms with Crippen LogP contribution in [-0.2, 0) is 9.47 Å². The molecule has 0 aromatic heterocycles. The maximum Gasteiger partial charge on any atom is 0.110 e. The molecule has 0 bridgehead atoms. The fraction of sp³-hybridized carbons (Fsp3) is 0.909. The minimum absolute atomic E-state index is 0.233. The van der Waals surface area contributed by atoms with Crippen LogP contribution in [0.15, 0.2) is 0 Å². The number of nitrogens with zero attached hydrogens (tertiary/aromatic N) is 1. The largest absolute Gasteiger partial charge is 0.382 e. The van der Waals surface area contributed by atoms with Crippen LogP contribution in [0.5, 0.6) is 0 Å². The van der Waals surface area contributed by atoms with Gasteiger partial charge >= 0.3 is 0 Å². The van der Waals surface area contributed by atoms with E-state index in [0.29, 0.717) is 6.61 Å². The fourth-order valence-electron chi connectivity index (χ4n) is 2.51. The van der Waals surface area contributed by atoms with Crippen molar-refractivity contribution < 1.29 is 9.47 Å². The number of hydrogen-bond donors (Lipinski definition) is 0. The van der Waals surface area contributed by atoms with Crippen molar-refractivity contribution in [2.75, 3.05) is 20.3 Å². The van der Waals surface area contributed by atoms with Crippen LogP contribution < -0.4 is 0 Å². The number of methoxy groups -OCH3 is 1. The number of nitriles is 1. The number of ether oxygens (including phenoxy) is 2. The summed E-state index contributed by atoms with van der Waals surface area (Å²) in [6.07, 6.45) is 5.22. The molecule has 2 aliphatic rings. The summed E-state index contributed by atoms with van der Waals surface area (Å²) in [7, 11) is 1.69. The lowest BCUT2D eigenvalue weighted by Crippen LogP contribution is -2.48. The Bertz CT molecular complexity index is 241. The maximum absolute atomic E-state index is 9.22. The first kappa shape index (κ1) is 9.95. The van der Waals surface area contributed by atoms with Crippen molar-refractivity contribution in [2.24, 2.45) is 5.41 Å². The van der Waals surface area contributed by atoms with E-state index in [-0.39, 0.29) is 11.0 Å². The molecule has 0 N–H and O–H groups in total. The minimum Gasteiger partial charge on any atom is -0.382 e. The highest BCUT2D eigenvalue weighted by Crippen LogP contribution is 2.58. The third-order valence-corrected chi connectivity index (χ3v) is 3.57. The standard InChI is InChI=1S/C11H17NO2/c1-13-9-11(4-2-3-7-14-11)10(8-12)5-6-10/h2-7,9H2,1H3. The highest BCUT2D eigenvalue weighted by atomic mass is 16.5. The minimum atomic E-state index is -0.297. The average molecular weight is 195 g/mol. The Balaban J connectivity index is 2.17. The number of hydrogen-bond acceptors (Lipinski definition) is 3. The Labute approximate surface area is 85.0 Å². The second kappa shape index (κ2) is 3.52. The normalized spacial score (nSPS) is 34.9. The molecular formula is C11H17NO2. The van der Waals surface area contributed by atoms with Gasteiger partial charge in [0.05, 0.1) is 18.1 Å². The van der Waals surface area contributed by atoms with Crippen LogP contribution in [0.4, 0.5) is 0 Å². The average Bonchev–Trinajstić information content (AvgIpc) is 3.00. The van der Waals surface area contributed by atoms with E-state index < -0.39 is 0 Å². The van der Waals surface area contributed by atoms with Crippen molar-refractivity contribution in [3.63, 3.8) is 0 Å². The lowest BCUT2D eigenvalue weighted by molar-refractivity contribution is -0.145. The van der Waals surface area contributed by atoms with E-state index in [0.717, 1.165) is 38.7 Å². The molecule has 0 spiro atoms. The molecule has 1 heterocycles. The molecule has 1 saturated heterocycles. The van der Waals surface area contributed by atoms with Crippen LogP contribution >= 0.6 is 0 Å². The molecule has 0 amide bonds. The van der Waals surface area contributed by atoms with Crippen LogP contribution in [0.3, 0.4) is 0 Å². The summed E-state index contributed by atoms with van der Waals surface area (Å²) in [6.45, 7) is 1.35. The molecule has 1 atom stereocenters. The van der Waals surface area contributed by atoms with Crippen LogP contribution in [0.1, 0.15) is 32.1 Å². The van der Waals surface area contributed by atoms with Gasteiger partial charge in [0.25, 0.3) is 0 Å². The molecular weight excluding hydrogens is 178 g/mol. The van der Waals surface area contributed by atoms with E-state index in [2.05, 4.69) is 6.07 Å². The zero-order valence-corrected chi connectivity index (χ0v) is 8.71. The molecule has 0 aromatic carbocycles. The first-order valence-electron chi connectivity index (χ1n) is 5.33. The van der Waals surface area contributed by atoms with E-state index in [4.69, 9.17) is 9.47 Å². The molecule has 78 valence electrons. The van der Waals surface area contributed by atoms with Crippen molar-refractivity contribution >= 4 is 0 Å². The predicted octanol–water partition coefficient (Wildman–Crippen LogP) is 1.88. The first-order chi connectivity index (χ1) is 6.79. The van der Waals surface area contributed by atoms with Crippen LogP contribution in [0.25, 0.3) is 0 Å².